The van der Waals surface area contributed by atoms with E-state index in [9.17, 15) is 4.79 Å². The first-order valence-electron chi connectivity index (χ1n) is 7.91. The minimum absolute atomic E-state index is 0.135. The van der Waals surface area contributed by atoms with Gasteiger partial charge in [0.2, 0.25) is 11.7 Å². The first-order chi connectivity index (χ1) is 12.7. The minimum atomic E-state index is -0.260. The van der Waals surface area contributed by atoms with Crippen molar-refractivity contribution in [1.82, 2.24) is 25.4 Å². The molecule has 0 saturated carbocycles. The van der Waals surface area contributed by atoms with E-state index in [-0.39, 0.29) is 12.5 Å². The number of carbonyl (C=O) groups is 1. The quantitative estimate of drug-likeness (QED) is 0.573. The number of benzene rings is 1. The van der Waals surface area contributed by atoms with Crippen LogP contribution in [0.2, 0.25) is 0 Å². The van der Waals surface area contributed by atoms with Crippen LogP contribution in [0.15, 0.2) is 53.3 Å². The molecule has 0 saturated heterocycles. The number of aromatic amines is 1. The molecular weight excluding hydrogens is 334 g/mol. The molecule has 1 amide bonds. The lowest BCUT2D eigenvalue weighted by molar-refractivity contribution is 0.0942. The predicted molar refractivity (Wildman–Crippen MR) is 93.5 cm³/mol. The molecule has 4 rings (SSSR count). The van der Waals surface area contributed by atoms with Gasteiger partial charge in [-0.05, 0) is 36.4 Å². The van der Waals surface area contributed by atoms with E-state index in [4.69, 9.17) is 9.26 Å². The number of methoxy groups -OCH3 is 1. The highest BCUT2D eigenvalue weighted by molar-refractivity contribution is 5.98. The SMILES string of the molecule is COc1ccc2[nH]c(C(=O)NCc3nc(-c4ccncc4)no3)cc2c1. The van der Waals surface area contributed by atoms with Crippen LogP contribution >= 0.6 is 0 Å². The van der Waals surface area contributed by atoms with E-state index >= 15 is 0 Å². The standard InChI is InChI=1S/C18H15N5O3/c1-25-13-2-3-14-12(8-13)9-15(21-14)18(24)20-10-16-22-17(23-26-16)11-4-6-19-7-5-11/h2-9,21H,10H2,1H3,(H,20,24). The van der Waals surface area contributed by atoms with Crippen LogP contribution in [0, 0.1) is 0 Å². The Labute approximate surface area is 148 Å². The highest BCUT2D eigenvalue weighted by Gasteiger charge is 2.13. The predicted octanol–water partition coefficient (Wildman–Crippen LogP) is 2.55. The van der Waals surface area contributed by atoms with Gasteiger partial charge in [-0.15, -0.1) is 0 Å². The van der Waals surface area contributed by atoms with Crippen molar-refractivity contribution in [1.29, 1.82) is 0 Å². The fourth-order valence-electron chi connectivity index (χ4n) is 2.56. The Bertz CT molecular complexity index is 1060. The second-order valence-electron chi connectivity index (χ2n) is 5.57. The Balaban J connectivity index is 1.45. The molecule has 0 aliphatic carbocycles. The summed E-state index contributed by atoms with van der Waals surface area (Å²) in [5, 5.41) is 7.56. The van der Waals surface area contributed by atoms with Crippen molar-refractivity contribution in [2.75, 3.05) is 7.11 Å². The first-order valence-corrected chi connectivity index (χ1v) is 7.91. The fraction of sp³-hybridized carbons (Fsp3) is 0.111. The lowest BCUT2D eigenvalue weighted by Crippen LogP contribution is -2.23. The van der Waals surface area contributed by atoms with Crippen LogP contribution in [0.3, 0.4) is 0 Å². The third kappa shape index (κ3) is 3.12. The second kappa shape index (κ2) is 6.67. The molecule has 0 aliphatic rings. The van der Waals surface area contributed by atoms with Gasteiger partial charge in [-0.2, -0.15) is 4.98 Å². The maximum absolute atomic E-state index is 12.3. The Morgan fingerprint density at radius 2 is 2.08 bits per heavy atom. The molecule has 2 N–H and O–H groups in total. The van der Waals surface area contributed by atoms with E-state index in [2.05, 4.69) is 25.4 Å². The van der Waals surface area contributed by atoms with Gasteiger partial charge in [-0.1, -0.05) is 5.16 Å². The third-order valence-electron chi connectivity index (χ3n) is 3.88. The maximum atomic E-state index is 12.3. The number of rotatable bonds is 5. The Hall–Kier alpha value is -3.68. The number of aromatic nitrogens is 4. The Kier molecular flexibility index (Phi) is 4.06. The molecule has 0 unspecified atom stereocenters. The van der Waals surface area contributed by atoms with Gasteiger partial charge in [0, 0.05) is 28.9 Å². The van der Waals surface area contributed by atoms with Crippen molar-refractivity contribution < 1.29 is 14.1 Å². The first kappa shape index (κ1) is 15.8. The van der Waals surface area contributed by atoms with Gasteiger partial charge in [-0.25, -0.2) is 0 Å². The maximum Gasteiger partial charge on any atom is 0.268 e. The van der Waals surface area contributed by atoms with Gasteiger partial charge >= 0.3 is 0 Å². The number of pyridine rings is 1. The summed E-state index contributed by atoms with van der Waals surface area (Å²) in [6.45, 7) is 0.135. The number of nitrogens with one attached hydrogen (secondary N) is 2. The Morgan fingerprint density at radius 1 is 1.23 bits per heavy atom. The summed E-state index contributed by atoms with van der Waals surface area (Å²) in [5.41, 5.74) is 2.10. The van der Waals surface area contributed by atoms with Gasteiger partial charge < -0.3 is 19.6 Å². The van der Waals surface area contributed by atoms with Crippen LogP contribution < -0.4 is 10.1 Å². The van der Waals surface area contributed by atoms with E-state index in [1.54, 1.807) is 37.7 Å². The zero-order valence-electron chi connectivity index (χ0n) is 13.9. The molecule has 3 heterocycles. The van der Waals surface area contributed by atoms with E-state index < -0.39 is 0 Å². The molecule has 0 bridgehead atoms. The van der Waals surface area contributed by atoms with Crippen molar-refractivity contribution in [2.45, 2.75) is 6.54 Å². The summed E-state index contributed by atoms with van der Waals surface area (Å²) in [6, 6.07) is 10.9. The van der Waals surface area contributed by atoms with Crippen molar-refractivity contribution in [2.24, 2.45) is 0 Å². The molecule has 0 aliphatic heterocycles. The molecular formula is C18H15N5O3. The van der Waals surface area contributed by atoms with Gasteiger partial charge in [-0.3, -0.25) is 9.78 Å². The van der Waals surface area contributed by atoms with Crippen molar-refractivity contribution in [3.63, 3.8) is 0 Å². The molecule has 3 aromatic heterocycles. The molecule has 4 aromatic rings. The molecule has 26 heavy (non-hydrogen) atoms. The summed E-state index contributed by atoms with van der Waals surface area (Å²) >= 11 is 0. The highest BCUT2D eigenvalue weighted by Crippen LogP contribution is 2.21. The van der Waals surface area contributed by atoms with E-state index in [0.717, 1.165) is 22.2 Å². The van der Waals surface area contributed by atoms with Crippen molar-refractivity contribution >= 4 is 16.8 Å². The molecule has 1 aromatic carbocycles. The zero-order valence-corrected chi connectivity index (χ0v) is 13.9. The zero-order chi connectivity index (χ0) is 17.9. The van der Waals surface area contributed by atoms with Gasteiger partial charge in [0.05, 0.1) is 13.7 Å². The summed E-state index contributed by atoms with van der Waals surface area (Å²) in [7, 11) is 1.60. The normalized spacial score (nSPS) is 10.8. The number of hydrogen-bond acceptors (Lipinski definition) is 6. The smallest absolute Gasteiger partial charge is 0.268 e. The molecule has 0 fully saturated rings. The number of hydrogen-bond donors (Lipinski definition) is 2. The molecule has 130 valence electrons. The van der Waals surface area contributed by atoms with Crippen LogP contribution in [0.4, 0.5) is 0 Å². The number of amides is 1. The highest BCUT2D eigenvalue weighted by atomic mass is 16.5. The van der Waals surface area contributed by atoms with E-state index in [1.807, 2.05) is 18.2 Å². The molecule has 0 atom stereocenters. The average molecular weight is 349 g/mol. The van der Waals surface area contributed by atoms with Crippen LogP contribution in [0.1, 0.15) is 16.4 Å². The average Bonchev–Trinajstić information content (AvgIpc) is 3.33. The van der Waals surface area contributed by atoms with Gasteiger partial charge in [0.15, 0.2) is 0 Å². The van der Waals surface area contributed by atoms with Crippen LogP contribution in [0.5, 0.6) is 5.75 Å². The van der Waals surface area contributed by atoms with Crippen LogP contribution in [-0.4, -0.2) is 33.1 Å². The summed E-state index contributed by atoms with van der Waals surface area (Å²) < 4.78 is 10.4. The summed E-state index contributed by atoms with van der Waals surface area (Å²) in [5.74, 6) is 1.25. The number of H-pyrrole nitrogens is 1. The fourth-order valence-corrected chi connectivity index (χ4v) is 2.56. The van der Waals surface area contributed by atoms with Crippen molar-refractivity contribution in [3.8, 4) is 17.1 Å². The number of fused-ring (bicyclic) bond motifs is 1. The topological polar surface area (TPSA) is 106 Å². The molecule has 0 radical (unpaired) electrons. The molecule has 8 nitrogen and oxygen atoms in total. The largest absolute Gasteiger partial charge is 0.497 e. The lowest BCUT2D eigenvalue weighted by atomic mass is 10.2. The van der Waals surface area contributed by atoms with Crippen LogP contribution in [-0.2, 0) is 6.54 Å². The van der Waals surface area contributed by atoms with E-state index in [1.165, 1.54) is 0 Å². The molecule has 8 heteroatoms. The minimum Gasteiger partial charge on any atom is -0.497 e. The second-order valence-corrected chi connectivity index (χ2v) is 5.57. The number of nitrogens with zero attached hydrogens (tertiary/aromatic N) is 3. The third-order valence-corrected chi connectivity index (χ3v) is 3.88. The van der Waals surface area contributed by atoms with Gasteiger partial charge in [0.25, 0.3) is 5.91 Å². The molecule has 0 spiro atoms. The Morgan fingerprint density at radius 3 is 2.88 bits per heavy atom. The number of ether oxygens (including phenoxy) is 1. The monoisotopic (exact) mass is 349 g/mol. The van der Waals surface area contributed by atoms with Gasteiger partial charge in [0.1, 0.15) is 11.4 Å². The number of carbonyl (C=O) groups excluding carboxylic acids is 1. The van der Waals surface area contributed by atoms with Crippen LogP contribution in [0.25, 0.3) is 22.3 Å². The summed E-state index contributed by atoms with van der Waals surface area (Å²) in [6.07, 6.45) is 3.30. The summed E-state index contributed by atoms with van der Waals surface area (Å²) in [4.78, 5) is 23.6. The lowest BCUT2D eigenvalue weighted by Gasteiger charge is -1.99. The van der Waals surface area contributed by atoms with Crippen molar-refractivity contribution in [3.05, 3.63) is 60.4 Å². The van der Waals surface area contributed by atoms with E-state index in [0.29, 0.717) is 17.4 Å².